The standard InChI is InChI=1S/C21H29N5O4/c1-2-16-8-5-9-18(23-16)26(21(29)17-10-11-22-24-17)20(28)15(13-19(27)25-30)12-14-6-3-4-7-14/h5,8-11,14-15,21,29-30H,2-4,6-7,12-13H2,1H3,(H,22,24)(H,25,27)/t15-,21?/m1/s1. The number of H-pyrrole nitrogens is 1. The zero-order valence-electron chi connectivity index (χ0n) is 17.1. The quantitative estimate of drug-likeness (QED) is 0.283. The lowest BCUT2D eigenvalue weighted by atomic mass is 9.89. The lowest BCUT2D eigenvalue weighted by Gasteiger charge is -2.31. The molecular weight excluding hydrogens is 386 g/mol. The summed E-state index contributed by atoms with van der Waals surface area (Å²) in [4.78, 5) is 31.3. The van der Waals surface area contributed by atoms with Crippen molar-refractivity contribution in [2.75, 3.05) is 4.90 Å². The maximum absolute atomic E-state index is 13.6. The molecule has 2 aromatic heterocycles. The number of rotatable bonds is 9. The number of aromatic nitrogens is 3. The fraction of sp³-hybridized carbons (Fsp3) is 0.524. The molecule has 1 aliphatic carbocycles. The van der Waals surface area contributed by atoms with Gasteiger partial charge in [-0.3, -0.25) is 24.8 Å². The van der Waals surface area contributed by atoms with Gasteiger partial charge < -0.3 is 5.11 Å². The average molecular weight is 415 g/mol. The molecule has 2 aromatic rings. The SMILES string of the molecule is CCc1cccc(N(C(=O)[C@@H](CC(=O)NO)CC2CCCC2)C(O)c2ccn[nH]2)n1. The smallest absolute Gasteiger partial charge is 0.244 e. The Morgan fingerprint density at radius 1 is 1.30 bits per heavy atom. The fourth-order valence-electron chi connectivity index (χ4n) is 4.09. The summed E-state index contributed by atoms with van der Waals surface area (Å²) < 4.78 is 0. The van der Waals surface area contributed by atoms with Crippen LogP contribution in [0, 0.1) is 11.8 Å². The van der Waals surface area contributed by atoms with Gasteiger partial charge in [0.15, 0.2) is 6.23 Å². The molecule has 0 bridgehead atoms. The van der Waals surface area contributed by atoms with E-state index in [4.69, 9.17) is 5.21 Å². The molecule has 0 spiro atoms. The maximum Gasteiger partial charge on any atom is 0.244 e. The number of aryl methyl sites for hydroxylation is 1. The van der Waals surface area contributed by atoms with Crippen LogP contribution in [0.1, 0.15) is 63.1 Å². The second-order valence-electron chi connectivity index (χ2n) is 7.76. The Labute approximate surface area is 175 Å². The van der Waals surface area contributed by atoms with Crippen molar-refractivity contribution in [2.45, 2.75) is 58.1 Å². The summed E-state index contributed by atoms with van der Waals surface area (Å²) >= 11 is 0. The van der Waals surface area contributed by atoms with E-state index in [1.165, 1.54) is 11.1 Å². The minimum absolute atomic E-state index is 0.161. The number of aliphatic hydroxyl groups excluding tert-OH is 1. The zero-order valence-corrected chi connectivity index (χ0v) is 17.1. The van der Waals surface area contributed by atoms with Crippen molar-refractivity contribution in [1.29, 1.82) is 0 Å². The lowest BCUT2D eigenvalue weighted by Crippen LogP contribution is -2.42. The van der Waals surface area contributed by atoms with E-state index in [-0.39, 0.29) is 6.42 Å². The van der Waals surface area contributed by atoms with E-state index >= 15 is 0 Å². The van der Waals surface area contributed by atoms with Crippen LogP contribution in [0.2, 0.25) is 0 Å². The first kappa shape index (κ1) is 21.9. The van der Waals surface area contributed by atoms with Crippen molar-refractivity contribution >= 4 is 17.6 Å². The zero-order chi connectivity index (χ0) is 21.5. The molecule has 162 valence electrons. The number of amides is 2. The summed E-state index contributed by atoms with van der Waals surface area (Å²) in [5.41, 5.74) is 2.75. The van der Waals surface area contributed by atoms with E-state index in [1.807, 2.05) is 13.0 Å². The number of pyridine rings is 1. The molecule has 3 rings (SSSR count). The van der Waals surface area contributed by atoms with E-state index in [0.717, 1.165) is 31.4 Å². The van der Waals surface area contributed by atoms with Crippen LogP contribution in [0.3, 0.4) is 0 Å². The Kier molecular flexibility index (Phi) is 7.53. The number of hydrogen-bond donors (Lipinski definition) is 4. The highest BCUT2D eigenvalue weighted by atomic mass is 16.5. The molecule has 30 heavy (non-hydrogen) atoms. The summed E-state index contributed by atoms with van der Waals surface area (Å²) in [6, 6.07) is 6.88. The highest BCUT2D eigenvalue weighted by Crippen LogP contribution is 2.34. The number of carbonyl (C=O) groups excluding carboxylic acids is 2. The van der Waals surface area contributed by atoms with Gasteiger partial charge in [0.2, 0.25) is 11.8 Å². The van der Waals surface area contributed by atoms with Gasteiger partial charge in [-0.05, 0) is 37.0 Å². The van der Waals surface area contributed by atoms with Gasteiger partial charge in [-0.15, -0.1) is 0 Å². The molecule has 2 amide bonds. The first-order chi connectivity index (χ1) is 14.5. The third-order valence-electron chi connectivity index (χ3n) is 5.68. The van der Waals surface area contributed by atoms with Crippen LogP contribution in [0.25, 0.3) is 0 Å². The Bertz CT molecular complexity index is 836. The predicted molar refractivity (Wildman–Crippen MR) is 109 cm³/mol. The molecule has 0 radical (unpaired) electrons. The van der Waals surface area contributed by atoms with Gasteiger partial charge in [0.25, 0.3) is 0 Å². The van der Waals surface area contributed by atoms with Crippen LogP contribution < -0.4 is 10.4 Å². The molecule has 1 aliphatic rings. The van der Waals surface area contributed by atoms with Gasteiger partial charge in [-0.1, -0.05) is 38.7 Å². The molecule has 0 saturated heterocycles. The number of nitrogens with one attached hydrogen (secondary N) is 2. The van der Waals surface area contributed by atoms with E-state index < -0.39 is 24.0 Å². The van der Waals surface area contributed by atoms with E-state index in [2.05, 4.69) is 15.2 Å². The van der Waals surface area contributed by atoms with Crippen LogP contribution in [0.15, 0.2) is 30.5 Å². The van der Waals surface area contributed by atoms with E-state index in [1.54, 1.807) is 23.7 Å². The normalized spacial score (nSPS) is 16.2. The first-order valence-electron chi connectivity index (χ1n) is 10.4. The number of aliphatic hydroxyl groups is 1. The van der Waals surface area contributed by atoms with Crippen LogP contribution in [0.4, 0.5) is 5.82 Å². The van der Waals surface area contributed by atoms with Crippen molar-refractivity contribution in [3.05, 3.63) is 41.9 Å². The third kappa shape index (κ3) is 5.22. The molecule has 0 aliphatic heterocycles. The topological polar surface area (TPSA) is 131 Å². The molecule has 1 saturated carbocycles. The largest absolute Gasteiger partial charge is 0.368 e. The van der Waals surface area contributed by atoms with Crippen molar-refractivity contribution in [1.82, 2.24) is 20.7 Å². The number of anilines is 1. The third-order valence-corrected chi connectivity index (χ3v) is 5.68. The molecule has 9 nitrogen and oxygen atoms in total. The molecular formula is C21H29N5O4. The highest BCUT2D eigenvalue weighted by Gasteiger charge is 2.35. The lowest BCUT2D eigenvalue weighted by molar-refractivity contribution is -0.135. The van der Waals surface area contributed by atoms with Crippen LogP contribution in [-0.2, 0) is 16.0 Å². The predicted octanol–water partition coefficient (Wildman–Crippen LogP) is 2.48. The van der Waals surface area contributed by atoms with Gasteiger partial charge in [0, 0.05) is 24.2 Å². The molecule has 0 aromatic carbocycles. The van der Waals surface area contributed by atoms with Crippen molar-refractivity contribution in [2.24, 2.45) is 11.8 Å². The Morgan fingerprint density at radius 3 is 2.70 bits per heavy atom. The molecule has 4 N–H and O–H groups in total. The number of nitrogens with zero attached hydrogens (tertiary/aromatic N) is 3. The molecule has 9 heteroatoms. The average Bonchev–Trinajstić information content (AvgIpc) is 3.47. The van der Waals surface area contributed by atoms with Crippen molar-refractivity contribution < 1.29 is 19.9 Å². The fourth-order valence-corrected chi connectivity index (χ4v) is 4.09. The first-order valence-corrected chi connectivity index (χ1v) is 10.4. The molecule has 2 heterocycles. The van der Waals surface area contributed by atoms with Crippen molar-refractivity contribution in [3.8, 4) is 0 Å². The van der Waals surface area contributed by atoms with Crippen molar-refractivity contribution in [3.63, 3.8) is 0 Å². The summed E-state index contributed by atoms with van der Waals surface area (Å²) in [6.07, 6.45) is 5.44. The number of hydroxylamine groups is 1. The van der Waals surface area contributed by atoms with E-state index in [9.17, 15) is 14.7 Å². The second-order valence-corrected chi connectivity index (χ2v) is 7.76. The minimum Gasteiger partial charge on any atom is -0.368 e. The summed E-state index contributed by atoms with van der Waals surface area (Å²) in [6.45, 7) is 1.96. The number of aromatic amines is 1. The monoisotopic (exact) mass is 415 g/mol. The van der Waals surface area contributed by atoms with Crippen LogP contribution >= 0.6 is 0 Å². The van der Waals surface area contributed by atoms with Crippen LogP contribution in [0.5, 0.6) is 0 Å². The Balaban J connectivity index is 1.95. The summed E-state index contributed by atoms with van der Waals surface area (Å²) in [5, 5.41) is 26.6. The number of hydrogen-bond acceptors (Lipinski definition) is 6. The molecule has 1 fully saturated rings. The molecule has 2 atom stereocenters. The summed E-state index contributed by atoms with van der Waals surface area (Å²) in [7, 11) is 0. The summed E-state index contributed by atoms with van der Waals surface area (Å²) in [5.74, 6) is -1.08. The van der Waals surface area contributed by atoms with Gasteiger partial charge in [0.1, 0.15) is 5.82 Å². The van der Waals surface area contributed by atoms with Gasteiger partial charge in [-0.25, -0.2) is 10.5 Å². The molecule has 1 unspecified atom stereocenters. The Hall–Kier alpha value is -2.78. The minimum atomic E-state index is -1.33. The Morgan fingerprint density at radius 2 is 2.07 bits per heavy atom. The van der Waals surface area contributed by atoms with Gasteiger partial charge in [0.05, 0.1) is 5.69 Å². The number of carbonyl (C=O) groups is 2. The van der Waals surface area contributed by atoms with Crippen LogP contribution in [-0.4, -0.2) is 37.3 Å². The van der Waals surface area contributed by atoms with Gasteiger partial charge >= 0.3 is 0 Å². The second kappa shape index (κ2) is 10.3. The van der Waals surface area contributed by atoms with Gasteiger partial charge in [-0.2, -0.15) is 5.10 Å². The maximum atomic E-state index is 13.6. The van der Waals surface area contributed by atoms with E-state index in [0.29, 0.717) is 30.3 Å². The highest BCUT2D eigenvalue weighted by molar-refractivity contribution is 5.96.